The van der Waals surface area contributed by atoms with Crippen molar-refractivity contribution in [2.24, 2.45) is 17.2 Å². The number of rotatable bonds is 17. The van der Waals surface area contributed by atoms with Crippen molar-refractivity contribution < 1.29 is 39.0 Å². The van der Waals surface area contributed by atoms with Crippen molar-refractivity contribution in [1.82, 2.24) is 15.5 Å². The molecule has 200 valence electrons. The van der Waals surface area contributed by atoms with Gasteiger partial charge in [0.2, 0.25) is 23.6 Å². The molecule has 0 aromatic carbocycles. The number of carboxylic acid groups (broad SMARTS) is 2. The Labute approximate surface area is 203 Å². The van der Waals surface area contributed by atoms with E-state index in [2.05, 4.69) is 10.6 Å². The maximum absolute atomic E-state index is 13.6. The summed E-state index contributed by atoms with van der Waals surface area (Å²) < 4.78 is 0. The number of hydrogen-bond acceptors (Lipinski definition) is 8. The number of carbonyl (C=O) groups excluding carboxylic acids is 4. The smallest absolute Gasteiger partial charge is 0.325 e. The fraction of sp³-hybridized carbons (Fsp3) is 0.714. The number of carboxylic acids is 2. The molecule has 0 rings (SSSR count). The van der Waals surface area contributed by atoms with Gasteiger partial charge in [-0.05, 0) is 53.0 Å². The molecule has 35 heavy (non-hydrogen) atoms. The van der Waals surface area contributed by atoms with Gasteiger partial charge < -0.3 is 42.9 Å². The Morgan fingerprint density at radius 1 is 0.914 bits per heavy atom. The van der Waals surface area contributed by atoms with Crippen LogP contribution in [0.4, 0.5) is 0 Å². The van der Waals surface area contributed by atoms with Crippen LogP contribution in [0.1, 0.15) is 59.3 Å². The van der Waals surface area contributed by atoms with Crippen molar-refractivity contribution in [2.45, 2.75) is 89.5 Å². The topological polar surface area (TPSA) is 248 Å². The number of amides is 4. The van der Waals surface area contributed by atoms with Gasteiger partial charge in [-0.2, -0.15) is 0 Å². The van der Waals surface area contributed by atoms with E-state index in [1.807, 2.05) is 0 Å². The third-order valence-corrected chi connectivity index (χ3v) is 5.14. The molecule has 0 spiro atoms. The van der Waals surface area contributed by atoms with Gasteiger partial charge in [-0.1, -0.05) is 0 Å². The molecule has 10 N–H and O–H groups in total. The predicted octanol–water partition coefficient (Wildman–Crippen LogP) is -2.14. The molecule has 0 aliphatic rings. The highest BCUT2D eigenvalue weighted by molar-refractivity contribution is 5.95. The molecule has 0 radical (unpaired) electrons. The van der Waals surface area contributed by atoms with Gasteiger partial charge >= 0.3 is 11.9 Å². The van der Waals surface area contributed by atoms with E-state index in [1.54, 1.807) is 13.8 Å². The summed E-state index contributed by atoms with van der Waals surface area (Å²) in [4.78, 5) is 73.6. The number of carbonyl (C=O) groups is 6. The normalized spacial score (nSPS) is 14.3. The highest BCUT2D eigenvalue weighted by atomic mass is 16.4. The first-order valence-corrected chi connectivity index (χ1v) is 11.3. The van der Waals surface area contributed by atoms with E-state index < -0.39 is 72.2 Å². The fourth-order valence-electron chi connectivity index (χ4n) is 3.30. The standard InChI is InChI=1S/C21H38N6O8/c1-11(2)27(15(6-4-5-9-22)19(32)25-12(3)21(34)35)20(33)14(7-8-16(24)28)26-18(31)13(23)10-17(29)30/h11-15H,4-10,22-23H2,1-3H3,(H2,24,28)(H,25,32)(H,26,31)(H,29,30)(H,34,35)/t12-,13-,14-,15-/m0/s1. The first-order valence-electron chi connectivity index (χ1n) is 11.3. The number of nitrogens with zero attached hydrogens (tertiary/aromatic N) is 1. The Morgan fingerprint density at radius 3 is 1.97 bits per heavy atom. The monoisotopic (exact) mass is 502 g/mol. The summed E-state index contributed by atoms with van der Waals surface area (Å²) in [5, 5.41) is 22.7. The van der Waals surface area contributed by atoms with E-state index in [4.69, 9.17) is 27.4 Å². The summed E-state index contributed by atoms with van der Waals surface area (Å²) in [6.07, 6.45) is -0.0248. The van der Waals surface area contributed by atoms with Crippen molar-refractivity contribution in [3.05, 3.63) is 0 Å². The quantitative estimate of drug-likeness (QED) is 0.106. The van der Waals surface area contributed by atoms with Crippen molar-refractivity contribution in [3.8, 4) is 0 Å². The zero-order valence-corrected chi connectivity index (χ0v) is 20.4. The first-order chi connectivity index (χ1) is 16.2. The lowest BCUT2D eigenvalue weighted by atomic mass is 10.0. The van der Waals surface area contributed by atoms with Crippen molar-refractivity contribution >= 4 is 35.6 Å². The molecule has 0 saturated heterocycles. The summed E-state index contributed by atoms with van der Waals surface area (Å²) in [6, 6.07) is -5.68. The van der Waals surface area contributed by atoms with Gasteiger partial charge in [0.25, 0.3) is 0 Å². The molecule has 4 amide bonds. The van der Waals surface area contributed by atoms with Crippen LogP contribution in [-0.2, 0) is 28.8 Å². The minimum atomic E-state index is -1.45. The van der Waals surface area contributed by atoms with Crippen LogP contribution in [0.3, 0.4) is 0 Å². The lowest BCUT2D eigenvalue weighted by Gasteiger charge is -2.37. The van der Waals surface area contributed by atoms with E-state index in [0.29, 0.717) is 19.4 Å². The van der Waals surface area contributed by atoms with Gasteiger partial charge in [-0.15, -0.1) is 0 Å². The maximum atomic E-state index is 13.6. The predicted molar refractivity (Wildman–Crippen MR) is 125 cm³/mol. The van der Waals surface area contributed by atoms with E-state index in [-0.39, 0.29) is 19.3 Å². The second-order valence-electron chi connectivity index (χ2n) is 8.48. The molecule has 0 unspecified atom stereocenters. The zero-order chi connectivity index (χ0) is 27.3. The molecule has 4 atom stereocenters. The number of nitrogens with one attached hydrogen (secondary N) is 2. The molecule has 14 nitrogen and oxygen atoms in total. The molecule has 0 heterocycles. The van der Waals surface area contributed by atoms with E-state index in [0.717, 1.165) is 0 Å². The van der Waals surface area contributed by atoms with Gasteiger partial charge in [0.15, 0.2) is 0 Å². The van der Waals surface area contributed by atoms with Crippen LogP contribution in [0.5, 0.6) is 0 Å². The third kappa shape index (κ3) is 11.6. The van der Waals surface area contributed by atoms with Gasteiger partial charge in [0.05, 0.1) is 12.5 Å². The highest BCUT2D eigenvalue weighted by Crippen LogP contribution is 2.17. The molecule has 0 bridgehead atoms. The number of primary amides is 1. The van der Waals surface area contributed by atoms with Crippen LogP contribution in [0.2, 0.25) is 0 Å². The Kier molecular flexibility index (Phi) is 14.2. The Balaban J connectivity index is 6.07. The summed E-state index contributed by atoms with van der Waals surface area (Å²) in [5.74, 6) is -5.69. The largest absolute Gasteiger partial charge is 0.481 e. The van der Waals surface area contributed by atoms with Crippen LogP contribution in [-0.4, -0.2) is 87.4 Å². The van der Waals surface area contributed by atoms with E-state index in [1.165, 1.54) is 11.8 Å². The Morgan fingerprint density at radius 2 is 1.51 bits per heavy atom. The minimum absolute atomic E-state index is 0.161. The van der Waals surface area contributed by atoms with Crippen molar-refractivity contribution in [3.63, 3.8) is 0 Å². The Bertz CT molecular complexity index is 775. The Hall–Kier alpha value is -3.26. The lowest BCUT2D eigenvalue weighted by Crippen LogP contribution is -2.60. The first kappa shape index (κ1) is 31.7. The number of aliphatic carboxylic acids is 2. The second kappa shape index (κ2) is 15.6. The van der Waals surface area contributed by atoms with Crippen LogP contribution in [0.25, 0.3) is 0 Å². The second-order valence-corrected chi connectivity index (χ2v) is 8.48. The molecule has 0 aromatic rings. The average Bonchev–Trinajstić information content (AvgIpc) is 2.74. The van der Waals surface area contributed by atoms with Crippen LogP contribution in [0, 0.1) is 0 Å². The summed E-state index contributed by atoms with van der Waals surface area (Å²) in [7, 11) is 0. The molecule has 0 saturated carbocycles. The van der Waals surface area contributed by atoms with Crippen LogP contribution >= 0.6 is 0 Å². The fourth-order valence-corrected chi connectivity index (χ4v) is 3.30. The molecular formula is C21H38N6O8. The van der Waals surface area contributed by atoms with Gasteiger partial charge in [-0.3, -0.25) is 28.8 Å². The molecular weight excluding hydrogens is 464 g/mol. The number of nitrogens with two attached hydrogens (primary N) is 3. The third-order valence-electron chi connectivity index (χ3n) is 5.14. The molecule has 0 aliphatic heterocycles. The van der Waals surface area contributed by atoms with Crippen molar-refractivity contribution in [1.29, 1.82) is 0 Å². The molecule has 14 heteroatoms. The molecule has 0 aromatic heterocycles. The summed E-state index contributed by atoms with van der Waals surface area (Å²) in [5.41, 5.74) is 16.3. The number of unbranched alkanes of at least 4 members (excludes halogenated alkanes) is 1. The van der Waals surface area contributed by atoms with Gasteiger partial charge in [-0.25, -0.2) is 0 Å². The van der Waals surface area contributed by atoms with Crippen LogP contribution in [0.15, 0.2) is 0 Å². The highest BCUT2D eigenvalue weighted by Gasteiger charge is 2.37. The average molecular weight is 503 g/mol. The zero-order valence-electron chi connectivity index (χ0n) is 20.4. The molecule has 0 fully saturated rings. The number of hydrogen-bond donors (Lipinski definition) is 7. The lowest BCUT2D eigenvalue weighted by molar-refractivity contribution is -0.148. The van der Waals surface area contributed by atoms with Gasteiger partial charge in [0, 0.05) is 12.5 Å². The van der Waals surface area contributed by atoms with Gasteiger partial charge in [0.1, 0.15) is 18.1 Å². The SMILES string of the molecule is CC(C)N(C(=O)[C@H](CCC(N)=O)NC(=O)[C@@H](N)CC(=O)O)[C@@H](CCCCN)C(=O)N[C@@H](C)C(=O)O. The molecule has 0 aliphatic carbocycles. The maximum Gasteiger partial charge on any atom is 0.325 e. The minimum Gasteiger partial charge on any atom is -0.481 e. The van der Waals surface area contributed by atoms with E-state index >= 15 is 0 Å². The van der Waals surface area contributed by atoms with Crippen molar-refractivity contribution in [2.75, 3.05) is 6.54 Å². The summed E-state index contributed by atoms with van der Waals surface area (Å²) in [6.45, 7) is 4.88. The van der Waals surface area contributed by atoms with E-state index in [9.17, 15) is 28.8 Å². The van der Waals surface area contributed by atoms with Crippen LogP contribution < -0.4 is 27.8 Å². The summed E-state index contributed by atoms with van der Waals surface area (Å²) >= 11 is 0.